The van der Waals surface area contributed by atoms with Crippen molar-refractivity contribution in [1.29, 1.82) is 0 Å². The van der Waals surface area contributed by atoms with Gasteiger partial charge in [0.25, 0.3) is 5.91 Å². The molecule has 1 amide bonds. The molecule has 2 aromatic carbocycles. The zero-order chi connectivity index (χ0) is 13.8. The summed E-state index contributed by atoms with van der Waals surface area (Å²) in [7, 11) is 0. The van der Waals surface area contributed by atoms with Crippen LogP contribution in [0.1, 0.15) is 28.9 Å². The number of nitrogens with two attached hydrogens (primary N) is 1. The Bertz CT molecular complexity index is 582. The van der Waals surface area contributed by atoms with Crippen molar-refractivity contribution < 1.29 is 9.90 Å². The summed E-state index contributed by atoms with van der Waals surface area (Å²) in [5, 5.41) is 12.2. The first kappa shape index (κ1) is 13.0. The summed E-state index contributed by atoms with van der Waals surface area (Å²) in [5.41, 5.74) is 7.22. The van der Waals surface area contributed by atoms with Gasteiger partial charge in [-0.25, -0.2) is 0 Å². The van der Waals surface area contributed by atoms with Crippen molar-refractivity contribution in [1.82, 2.24) is 5.32 Å². The Kier molecular flexibility index (Phi) is 3.71. The number of nitrogens with one attached hydrogen (secondary N) is 1. The quantitative estimate of drug-likeness (QED) is 0.583. The summed E-state index contributed by atoms with van der Waals surface area (Å²) in [6.45, 7) is 1.91. The molecule has 4 heteroatoms. The molecule has 1 atom stereocenters. The molecule has 19 heavy (non-hydrogen) atoms. The van der Waals surface area contributed by atoms with Gasteiger partial charge < -0.3 is 16.2 Å². The van der Waals surface area contributed by atoms with E-state index in [1.165, 1.54) is 12.1 Å². The van der Waals surface area contributed by atoms with Crippen molar-refractivity contribution >= 4 is 11.6 Å². The molecule has 0 aromatic heterocycles. The summed E-state index contributed by atoms with van der Waals surface area (Å²) in [6.07, 6.45) is 0. The van der Waals surface area contributed by atoms with Gasteiger partial charge in [-0.1, -0.05) is 30.3 Å². The van der Waals surface area contributed by atoms with E-state index in [4.69, 9.17) is 5.73 Å². The van der Waals surface area contributed by atoms with Crippen LogP contribution in [-0.4, -0.2) is 11.0 Å². The zero-order valence-electron chi connectivity index (χ0n) is 10.6. The van der Waals surface area contributed by atoms with Crippen LogP contribution in [-0.2, 0) is 0 Å². The van der Waals surface area contributed by atoms with E-state index < -0.39 is 0 Å². The molecule has 0 aliphatic rings. The predicted molar refractivity (Wildman–Crippen MR) is 74.8 cm³/mol. The van der Waals surface area contributed by atoms with Crippen molar-refractivity contribution in [2.24, 2.45) is 0 Å². The van der Waals surface area contributed by atoms with Crippen LogP contribution in [0.2, 0.25) is 0 Å². The number of phenols is 1. The van der Waals surface area contributed by atoms with Crippen LogP contribution >= 0.6 is 0 Å². The van der Waals surface area contributed by atoms with E-state index in [0.717, 1.165) is 5.56 Å². The number of carbonyl (C=O) groups is 1. The fourth-order valence-electron chi connectivity index (χ4n) is 1.80. The van der Waals surface area contributed by atoms with Crippen LogP contribution in [0.3, 0.4) is 0 Å². The number of nitrogen functional groups attached to an aromatic ring is 1. The SMILES string of the molecule is CC(NC(=O)c1ccc(O)c(N)c1)c1ccccc1. The van der Waals surface area contributed by atoms with Gasteiger partial charge in [-0.15, -0.1) is 0 Å². The summed E-state index contributed by atoms with van der Waals surface area (Å²) in [5.74, 6) is -0.240. The first-order valence-electron chi connectivity index (χ1n) is 6.02. The molecule has 0 saturated heterocycles. The van der Waals surface area contributed by atoms with Crippen LogP contribution in [0, 0.1) is 0 Å². The van der Waals surface area contributed by atoms with E-state index >= 15 is 0 Å². The Morgan fingerprint density at radius 2 is 1.89 bits per heavy atom. The van der Waals surface area contributed by atoms with E-state index in [1.807, 2.05) is 37.3 Å². The van der Waals surface area contributed by atoms with Crippen LogP contribution in [0.25, 0.3) is 0 Å². The van der Waals surface area contributed by atoms with Crippen molar-refractivity contribution in [2.75, 3.05) is 5.73 Å². The highest BCUT2D eigenvalue weighted by molar-refractivity contribution is 5.95. The first-order valence-corrected chi connectivity index (χ1v) is 6.02. The van der Waals surface area contributed by atoms with Gasteiger partial charge in [0, 0.05) is 5.56 Å². The zero-order valence-corrected chi connectivity index (χ0v) is 10.6. The van der Waals surface area contributed by atoms with Crippen molar-refractivity contribution in [2.45, 2.75) is 13.0 Å². The molecule has 0 saturated carbocycles. The number of aromatic hydroxyl groups is 1. The van der Waals surface area contributed by atoms with Crippen LogP contribution in [0.4, 0.5) is 5.69 Å². The van der Waals surface area contributed by atoms with E-state index in [2.05, 4.69) is 5.32 Å². The summed E-state index contributed by atoms with van der Waals surface area (Å²) >= 11 is 0. The summed E-state index contributed by atoms with van der Waals surface area (Å²) in [4.78, 5) is 12.0. The molecule has 2 rings (SSSR count). The van der Waals surface area contributed by atoms with E-state index in [9.17, 15) is 9.90 Å². The molecule has 0 spiro atoms. The Morgan fingerprint density at radius 3 is 2.53 bits per heavy atom. The molecule has 98 valence electrons. The Labute approximate surface area is 111 Å². The second kappa shape index (κ2) is 5.44. The van der Waals surface area contributed by atoms with Gasteiger partial charge in [-0.05, 0) is 30.7 Å². The second-order valence-electron chi connectivity index (χ2n) is 4.38. The van der Waals surface area contributed by atoms with Gasteiger partial charge in [-0.3, -0.25) is 4.79 Å². The average Bonchev–Trinajstić information content (AvgIpc) is 2.42. The average molecular weight is 256 g/mol. The molecular weight excluding hydrogens is 240 g/mol. The summed E-state index contributed by atoms with van der Waals surface area (Å²) in [6, 6.07) is 14.0. The normalized spacial score (nSPS) is 11.8. The van der Waals surface area contributed by atoms with Crippen molar-refractivity contribution in [3.63, 3.8) is 0 Å². The predicted octanol–water partition coefficient (Wildman–Crippen LogP) is 2.47. The number of benzene rings is 2. The van der Waals surface area contributed by atoms with E-state index in [1.54, 1.807) is 6.07 Å². The standard InChI is InChI=1S/C15H16N2O2/c1-10(11-5-3-2-4-6-11)17-15(19)12-7-8-14(18)13(16)9-12/h2-10,18H,16H2,1H3,(H,17,19). The minimum atomic E-state index is -0.219. The lowest BCUT2D eigenvalue weighted by Crippen LogP contribution is -2.26. The molecule has 0 aliphatic carbocycles. The Hall–Kier alpha value is -2.49. The molecule has 0 aliphatic heterocycles. The molecule has 4 N–H and O–H groups in total. The van der Waals surface area contributed by atoms with Gasteiger partial charge in [0.2, 0.25) is 0 Å². The largest absolute Gasteiger partial charge is 0.506 e. The third kappa shape index (κ3) is 3.04. The van der Waals surface area contributed by atoms with Gasteiger partial charge in [0.05, 0.1) is 11.7 Å². The number of hydrogen-bond donors (Lipinski definition) is 3. The monoisotopic (exact) mass is 256 g/mol. The molecular formula is C15H16N2O2. The van der Waals surface area contributed by atoms with Crippen molar-refractivity contribution in [3.8, 4) is 5.75 Å². The highest BCUT2D eigenvalue weighted by atomic mass is 16.3. The van der Waals surface area contributed by atoms with Crippen LogP contribution < -0.4 is 11.1 Å². The molecule has 2 aromatic rings. The van der Waals surface area contributed by atoms with Crippen LogP contribution in [0.5, 0.6) is 5.75 Å². The minimum absolute atomic E-state index is 0.0207. The Balaban J connectivity index is 2.11. The van der Waals surface area contributed by atoms with Crippen LogP contribution in [0.15, 0.2) is 48.5 Å². The first-order chi connectivity index (χ1) is 9.08. The minimum Gasteiger partial charge on any atom is -0.506 e. The third-order valence-corrected chi connectivity index (χ3v) is 2.94. The lowest BCUT2D eigenvalue weighted by molar-refractivity contribution is 0.0940. The molecule has 1 unspecified atom stereocenters. The lowest BCUT2D eigenvalue weighted by Gasteiger charge is -2.14. The maximum Gasteiger partial charge on any atom is 0.251 e. The maximum atomic E-state index is 12.0. The molecule has 0 bridgehead atoms. The Morgan fingerprint density at radius 1 is 1.21 bits per heavy atom. The number of amides is 1. The summed E-state index contributed by atoms with van der Waals surface area (Å²) < 4.78 is 0. The topological polar surface area (TPSA) is 75.3 Å². The van der Waals surface area contributed by atoms with E-state index in [0.29, 0.717) is 5.56 Å². The third-order valence-electron chi connectivity index (χ3n) is 2.94. The number of anilines is 1. The number of rotatable bonds is 3. The maximum absolute atomic E-state index is 12.0. The molecule has 0 heterocycles. The smallest absolute Gasteiger partial charge is 0.251 e. The second-order valence-corrected chi connectivity index (χ2v) is 4.38. The van der Waals surface area contributed by atoms with Crippen molar-refractivity contribution in [3.05, 3.63) is 59.7 Å². The molecule has 4 nitrogen and oxygen atoms in total. The highest BCUT2D eigenvalue weighted by Gasteiger charge is 2.12. The van der Waals surface area contributed by atoms with Gasteiger partial charge in [-0.2, -0.15) is 0 Å². The van der Waals surface area contributed by atoms with Gasteiger partial charge in [0.1, 0.15) is 5.75 Å². The lowest BCUT2D eigenvalue weighted by atomic mass is 10.1. The molecule has 0 fully saturated rings. The number of hydrogen-bond acceptors (Lipinski definition) is 3. The fourth-order valence-corrected chi connectivity index (χ4v) is 1.80. The van der Waals surface area contributed by atoms with Gasteiger partial charge >= 0.3 is 0 Å². The highest BCUT2D eigenvalue weighted by Crippen LogP contribution is 2.21. The number of phenolic OH excluding ortho intramolecular Hbond substituents is 1. The number of carbonyl (C=O) groups excluding carboxylic acids is 1. The van der Waals surface area contributed by atoms with E-state index in [-0.39, 0.29) is 23.4 Å². The fraction of sp³-hybridized carbons (Fsp3) is 0.133. The molecule has 0 radical (unpaired) electrons. The van der Waals surface area contributed by atoms with Gasteiger partial charge in [0.15, 0.2) is 0 Å².